The molecule has 26 heavy (non-hydrogen) atoms. The van der Waals surface area contributed by atoms with Crippen LogP contribution < -0.4 is 4.74 Å². The molecule has 134 valence electrons. The third-order valence-corrected chi connectivity index (χ3v) is 5.08. The summed E-state index contributed by atoms with van der Waals surface area (Å²) in [6.45, 7) is 8.02. The fourth-order valence-corrected chi connectivity index (χ4v) is 3.57. The van der Waals surface area contributed by atoms with E-state index in [-0.39, 0.29) is 11.9 Å². The summed E-state index contributed by atoms with van der Waals surface area (Å²) in [6, 6.07) is 18.7. The summed E-state index contributed by atoms with van der Waals surface area (Å²) in [6.07, 6.45) is 0. The molecule has 0 N–H and O–H groups in total. The lowest BCUT2D eigenvalue weighted by Crippen LogP contribution is -2.18. The molecule has 0 spiro atoms. The highest BCUT2D eigenvalue weighted by molar-refractivity contribution is 7.22. The average Bonchev–Trinajstić information content (AvgIpc) is 3.08. The largest absolute Gasteiger partial charge is 0.493 e. The van der Waals surface area contributed by atoms with Gasteiger partial charge < -0.3 is 9.47 Å². The highest BCUT2D eigenvalue weighted by atomic mass is 32.1. The number of thiophene rings is 1. The van der Waals surface area contributed by atoms with Gasteiger partial charge in [-0.15, -0.1) is 11.3 Å². The second-order valence-electron chi connectivity index (χ2n) is 6.47. The van der Waals surface area contributed by atoms with E-state index in [1.807, 2.05) is 19.1 Å². The third kappa shape index (κ3) is 4.52. The summed E-state index contributed by atoms with van der Waals surface area (Å²) in [7, 11) is 0. The van der Waals surface area contributed by atoms with Crippen molar-refractivity contribution in [1.29, 1.82) is 0 Å². The third-order valence-electron chi connectivity index (χ3n) is 3.93. The molecule has 3 rings (SSSR count). The van der Waals surface area contributed by atoms with E-state index >= 15 is 0 Å². The average molecular weight is 366 g/mol. The molecule has 0 aliphatic carbocycles. The van der Waals surface area contributed by atoms with Crippen LogP contribution in [0.15, 0.2) is 66.7 Å². The zero-order valence-electron chi connectivity index (χ0n) is 15.0. The number of benzene rings is 2. The molecule has 1 heterocycles. The van der Waals surface area contributed by atoms with Crippen molar-refractivity contribution in [2.45, 2.75) is 13.8 Å². The van der Waals surface area contributed by atoms with Gasteiger partial charge in [-0.25, -0.2) is 4.79 Å². The van der Waals surface area contributed by atoms with Crippen molar-refractivity contribution in [2.75, 3.05) is 13.2 Å². The second kappa shape index (κ2) is 8.19. The van der Waals surface area contributed by atoms with E-state index in [4.69, 9.17) is 9.47 Å². The maximum Gasteiger partial charge on any atom is 0.333 e. The van der Waals surface area contributed by atoms with Crippen LogP contribution in [-0.4, -0.2) is 19.2 Å². The second-order valence-corrected chi connectivity index (χ2v) is 7.56. The standard InChI is InChI=1S/C22H22O3S/c1-15(2)22(23)25-14-16(3)13-24-19-10-9-18-11-20(26-21(18)12-19)17-7-5-4-6-8-17/h4-12,16H,1,13-14H2,2-3H3. The summed E-state index contributed by atoms with van der Waals surface area (Å²) in [5.41, 5.74) is 1.64. The Balaban J connectivity index is 1.62. The Kier molecular flexibility index (Phi) is 5.74. The molecule has 1 aromatic heterocycles. The van der Waals surface area contributed by atoms with Crippen LogP contribution in [0.5, 0.6) is 5.75 Å². The highest BCUT2D eigenvalue weighted by Crippen LogP contribution is 2.35. The number of ether oxygens (including phenoxy) is 2. The lowest BCUT2D eigenvalue weighted by atomic mass is 10.1. The quantitative estimate of drug-likeness (QED) is 0.397. The Morgan fingerprint density at radius 1 is 1.12 bits per heavy atom. The fourth-order valence-electron chi connectivity index (χ4n) is 2.47. The van der Waals surface area contributed by atoms with E-state index in [0.29, 0.717) is 18.8 Å². The first-order valence-corrected chi connectivity index (χ1v) is 9.39. The SMILES string of the molecule is C=C(C)C(=O)OCC(C)COc1ccc2cc(-c3ccccc3)sc2c1. The van der Waals surface area contributed by atoms with Crippen molar-refractivity contribution in [3.63, 3.8) is 0 Å². The minimum absolute atomic E-state index is 0.109. The van der Waals surface area contributed by atoms with Gasteiger partial charge in [0.1, 0.15) is 5.75 Å². The van der Waals surface area contributed by atoms with Crippen LogP contribution in [0, 0.1) is 5.92 Å². The summed E-state index contributed by atoms with van der Waals surface area (Å²) in [4.78, 5) is 12.7. The smallest absolute Gasteiger partial charge is 0.333 e. The Labute approximate surface area is 157 Å². The molecule has 3 aromatic rings. The van der Waals surface area contributed by atoms with Gasteiger partial charge in [-0.05, 0) is 42.1 Å². The molecule has 3 nitrogen and oxygen atoms in total. The van der Waals surface area contributed by atoms with Gasteiger partial charge in [0.2, 0.25) is 0 Å². The Hall–Kier alpha value is -2.59. The van der Waals surface area contributed by atoms with Gasteiger partial charge in [-0.1, -0.05) is 43.8 Å². The van der Waals surface area contributed by atoms with Gasteiger partial charge in [0.15, 0.2) is 0 Å². The molecule has 0 radical (unpaired) electrons. The van der Waals surface area contributed by atoms with Crippen molar-refractivity contribution in [3.05, 3.63) is 66.7 Å². The molecule has 1 atom stereocenters. The van der Waals surface area contributed by atoms with Gasteiger partial charge in [0, 0.05) is 21.1 Å². The topological polar surface area (TPSA) is 35.5 Å². The maximum atomic E-state index is 11.4. The molecule has 2 aromatic carbocycles. The van der Waals surface area contributed by atoms with Gasteiger partial charge >= 0.3 is 5.97 Å². The molecule has 0 fully saturated rings. The van der Waals surface area contributed by atoms with Crippen LogP contribution in [-0.2, 0) is 9.53 Å². The predicted molar refractivity (Wildman–Crippen MR) is 108 cm³/mol. The zero-order chi connectivity index (χ0) is 18.5. The molecular formula is C22H22O3S. The monoisotopic (exact) mass is 366 g/mol. The van der Waals surface area contributed by atoms with E-state index in [1.165, 1.54) is 20.5 Å². The molecule has 0 aliphatic heterocycles. The number of rotatable bonds is 7. The zero-order valence-corrected chi connectivity index (χ0v) is 15.8. The van der Waals surface area contributed by atoms with Gasteiger partial charge in [0.25, 0.3) is 0 Å². The normalized spacial score (nSPS) is 11.9. The van der Waals surface area contributed by atoms with Crippen LogP contribution in [0.25, 0.3) is 20.5 Å². The van der Waals surface area contributed by atoms with Crippen LogP contribution in [0.4, 0.5) is 0 Å². The van der Waals surface area contributed by atoms with Crippen molar-refractivity contribution < 1.29 is 14.3 Å². The molecule has 0 saturated carbocycles. The molecule has 0 amide bonds. The van der Waals surface area contributed by atoms with Gasteiger partial charge in [0.05, 0.1) is 13.2 Å². The summed E-state index contributed by atoms with van der Waals surface area (Å²) in [5, 5.41) is 1.21. The van der Waals surface area contributed by atoms with Crippen molar-refractivity contribution in [2.24, 2.45) is 5.92 Å². The Bertz CT molecular complexity index is 912. The number of fused-ring (bicyclic) bond motifs is 1. The van der Waals surface area contributed by atoms with E-state index in [1.54, 1.807) is 18.3 Å². The van der Waals surface area contributed by atoms with E-state index in [2.05, 4.69) is 49.0 Å². The Morgan fingerprint density at radius 3 is 2.62 bits per heavy atom. The summed E-state index contributed by atoms with van der Waals surface area (Å²) in [5.74, 6) is 0.583. The number of hydrogen-bond donors (Lipinski definition) is 0. The number of carbonyl (C=O) groups excluding carboxylic acids is 1. The first-order chi connectivity index (χ1) is 12.5. The lowest BCUT2D eigenvalue weighted by molar-refractivity contribution is -0.140. The van der Waals surface area contributed by atoms with Crippen molar-refractivity contribution in [1.82, 2.24) is 0 Å². The van der Waals surface area contributed by atoms with E-state index in [0.717, 1.165) is 5.75 Å². The molecular weight excluding hydrogens is 344 g/mol. The predicted octanol–water partition coefficient (Wildman–Crippen LogP) is 5.70. The summed E-state index contributed by atoms with van der Waals surface area (Å²) < 4.78 is 12.2. The summed E-state index contributed by atoms with van der Waals surface area (Å²) >= 11 is 1.76. The molecule has 0 bridgehead atoms. The number of esters is 1. The van der Waals surface area contributed by atoms with Crippen LogP contribution in [0.1, 0.15) is 13.8 Å². The first-order valence-electron chi connectivity index (χ1n) is 8.57. The lowest BCUT2D eigenvalue weighted by Gasteiger charge is -2.13. The molecule has 0 aliphatic rings. The number of carbonyl (C=O) groups is 1. The number of hydrogen-bond acceptors (Lipinski definition) is 4. The van der Waals surface area contributed by atoms with E-state index in [9.17, 15) is 4.79 Å². The minimum Gasteiger partial charge on any atom is -0.493 e. The molecule has 1 unspecified atom stereocenters. The van der Waals surface area contributed by atoms with E-state index < -0.39 is 0 Å². The first kappa shape index (κ1) is 18.2. The highest BCUT2D eigenvalue weighted by Gasteiger charge is 2.10. The van der Waals surface area contributed by atoms with Gasteiger partial charge in [-0.3, -0.25) is 0 Å². The van der Waals surface area contributed by atoms with Crippen LogP contribution in [0.2, 0.25) is 0 Å². The van der Waals surface area contributed by atoms with Crippen molar-refractivity contribution >= 4 is 27.4 Å². The molecule has 4 heteroatoms. The van der Waals surface area contributed by atoms with Crippen LogP contribution >= 0.6 is 11.3 Å². The van der Waals surface area contributed by atoms with Crippen molar-refractivity contribution in [3.8, 4) is 16.2 Å². The minimum atomic E-state index is -0.356. The Morgan fingerprint density at radius 2 is 1.88 bits per heavy atom. The maximum absolute atomic E-state index is 11.4. The molecule has 0 saturated heterocycles. The fraction of sp³-hybridized carbons (Fsp3) is 0.227. The van der Waals surface area contributed by atoms with Crippen LogP contribution in [0.3, 0.4) is 0 Å². The van der Waals surface area contributed by atoms with Gasteiger partial charge in [-0.2, -0.15) is 0 Å².